The van der Waals surface area contributed by atoms with Crippen LogP contribution in [0.1, 0.15) is 0 Å². The van der Waals surface area contributed by atoms with Crippen LogP contribution in [-0.2, 0) is 0 Å². The molecular formula is C48H28N2S. The molecule has 12 aromatic rings. The first-order valence-corrected chi connectivity index (χ1v) is 18.3. The summed E-state index contributed by atoms with van der Waals surface area (Å²) < 4.78 is 7.71. The Bertz CT molecular complexity index is 3400. The Morgan fingerprint density at radius 1 is 0.314 bits per heavy atom. The molecule has 0 spiro atoms. The van der Waals surface area contributed by atoms with Gasteiger partial charge in [-0.25, -0.2) is 0 Å². The molecule has 0 N–H and O–H groups in total. The van der Waals surface area contributed by atoms with Crippen LogP contribution < -0.4 is 0 Å². The van der Waals surface area contributed by atoms with Gasteiger partial charge in [0, 0.05) is 52.8 Å². The topological polar surface area (TPSA) is 9.34 Å². The van der Waals surface area contributed by atoms with Gasteiger partial charge in [0.15, 0.2) is 0 Å². The number of hydrogen-bond donors (Lipinski definition) is 0. The molecule has 0 fully saturated rings. The fourth-order valence-electron chi connectivity index (χ4n) is 8.99. The standard InChI is InChI=1S/C48H28N2S/c1-2-11-29(12-3-1)30-23-25-31(26-24-30)49-39-19-7-6-15-38(39)44-41(49)28-27-37-36-18-8-17-35-33-14-5-4-13-32(33)34-16-9-21-42-45(34)46-40(20-10-22-43(46)51-42)50(47(35)36)48(37)44/h1-28H. The Morgan fingerprint density at radius 3 is 1.71 bits per heavy atom. The van der Waals surface area contributed by atoms with E-state index in [0.29, 0.717) is 0 Å². The van der Waals surface area contributed by atoms with Crippen molar-refractivity contribution in [3.8, 4) is 16.8 Å². The van der Waals surface area contributed by atoms with Crippen LogP contribution in [0.5, 0.6) is 0 Å². The first-order chi connectivity index (χ1) is 25.3. The molecule has 0 aliphatic heterocycles. The molecule has 0 aliphatic carbocycles. The number of benzene rings is 8. The summed E-state index contributed by atoms with van der Waals surface area (Å²) in [6.07, 6.45) is 0. The Kier molecular flexibility index (Phi) is 5.41. The van der Waals surface area contributed by atoms with E-state index in [0.717, 1.165) is 5.69 Å². The van der Waals surface area contributed by atoms with Crippen molar-refractivity contribution in [3.63, 3.8) is 0 Å². The molecule has 2 nitrogen and oxygen atoms in total. The molecule has 12 rings (SSSR count). The number of rotatable bonds is 2. The van der Waals surface area contributed by atoms with Crippen molar-refractivity contribution in [2.24, 2.45) is 0 Å². The summed E-state index contributed by atoms with van der Waals surface area (Å²) in [6.45, 7) is 0. The lowest BCUT2D eigenvalue weighted by Crippen LogP contribution is -1.94. The summed E-state index contributed by atoms with van der Waals surface area (Å²) in [4.78, 5) is 0. The van der Waals surface area contributed by atoms with Gasteiger partial charge >= 0.3 is 0 Å². The van der Waals surface area contributed by atoms with E-state index < -0.39 is 0 Å². The van der Waals surface area contributed by atoms with Crippen LogP contribution in [0.4, 0.5) is 0 Å². The lowest BCUT2D eigenvalue weighted by atomic mass is 10.0. The fraction of sp³-hybridized carbons (Fsp3) is 0. The summed E-state index contributed by atoms with van der Waals surface area (Å²) >= 11 is 1.90. The molecule has 8 aromatic carbocycles. The first-order valence-electron chi connectivity index (χ1n) is 17.5. The van der Waals surface area contributed by atoms with Crippen molar-refractivity contribution >= 4 is 102 Å². The molecule has 0 saturated heterocycles. The first kappa shape index (κ1) is 27.4. The van der Waals surface area contributed by atoms with Crippen LogP contribution in [0.3, 0.4) is 0 Å². The van der Waals surface area contributed by atoms with Crippen LogP contribution in [0.15, 0.2) is 170 Å². The van der Waals surface area contributed by atoms with Gasteiger partial charge in [-0.2, -0.15) is 0 Å². The van der Waals surface area contributed by atoms with Crippen LogP contribution >= 0.6 is 11.3 Å². The van der Waals surface area contributed by atoms with Crippen LogP contribution in [0.2, 0.25) is 0 Å². The van der Waals surface area contributed by atoms with Gasteiger partial charge in [-0.15, -0.1) is 11.3 Å². The third-order valence-corrected chi connectivity index (χ3v) is 12.2. The minimum Gasteiger partial charge on any atom is -0.309 e. The summed E-state index contributed by atoms with van der Waals surface area (Å²) in [5.74, 6) is 0. The van der Waals surface area contributed by atoms with E-state index in [4.69, 9.17) is 0 Å². The molecule has 4 aromatic heterocycles. The van der Waals surface area contributed by atoms with Crippen LogP contribution in [0, 0.1) is 0 Å². The molecule has 0 amide bonds. The quantitative estimate of drug-likeness (QED) is 0.174. The summed E-state index contributed by atoms with van der Waals surface area (Å²) in [5, 5.41) is 12.9. The summed E-state index contributed by atoms with van der Waals surface area (Å²) in [7, 11) is 0. The Morgan fingerprint density at radius 2 is 0.882 bits per heavy atom. The average Bonchev–Trinajstić information content (AvgIpc) is 3.86. The van der Waals surface area contributed by atoms with Gasteiger partial charge in [-0.05, 0) is 69.8 Å². The lowest BCUT2D eigenvalue weighted by Gasteiger charge is -2.10. The van der Waals surface area contributed by atoms with E-state index in [1.54, 1.807) is 0 Å². The van der Waals surface area contributed by atoms with Crippen molar-refractivity contribution in [1.29, 1.82) is 0 Å². The second-order valence-corrected chi connectivity index (χ2v) is 14.7. The number of fused-ring (bicyclic) bond motifs is 11. The third kappa shape index (κ3) is 3.60. The molecule has 0 bridgehead atoms. The van der Waals surface area contributed by atoms with Gasteiger partial charge in [0.2, 0.25) is 0 Å². The average molecular weight is 665 g/mol. The second-order valence-electron chi connectivity index (χ2n) is 13.6. The van der Waals surface area contributed by atoms with E-state index in [-0.39, 0.29) is 0 Å². The normalized spacial score (nSPS) is 12.3. The zero-order valence-corrected chi connectivity index (χ0v) is 28.3. The molecular weight excluding hydrogens is 637 g/mol. The SMILES string of the molecule is c1ccc(-c2ccc(-n3c4ccccc4c4c3ccc3c5cccc6c7ccccc7c7cccc8sc9cccc(c9c87)n(c65)c34)cc2)cc1. The number of nitrogens with zero attached hydrogens (tertiary/aromatic N) is 2. The van der Waals surface area contributed by atoms with Gasteiger partial charge in [0.1, 0.15) is 0 Å². The number of para-hydroxylation sites is 2. The summed E-state index contributed by atoms with van der Waals surface area (Å²) in [6, 6.07) is 62.9. The van der Waals surface area contributed by atoms with Crippen molar-refractivity contribution < 1.29 is 0 Å². The molecule has 0 radical (unpaired) electrons. The molecule has 0 aliphatic rings. The largest absolute Gasteiger partial charge is 0.309 e. The smallest absolute Gasteiger partial charge is 0.0641 e. The van der Waals surface area contributed by atoms with Gasteiger partial charge in [-0.1, -0.05) is 127 Å². The molecule has 51 heavy (non-hydrogen) atoms. The van der Waals surface area contributed by atoms with Crippen molar-refractivity contribution in [3.05, 3.63) is 170 Å². The summed E-state index contributed by atoms with van der Waals surface area (Å²) in [5.41, 5.74) is 9.78. The van der Waals surface area contributed by atoms with Gasteiger partial charge in [-0.3, -0.25) is 0 Å². The zero-order valence-electron chi connectivity index (χ0n) is 27.5. The van der Waals surface area contributed by atoms with E-state index >= 15 is 0 Å². The van der Waals surface area contributed by atoms with Gasteiger partial charge in [0.25, 0.3) is 0 Å². The van der Waals surface area contributed by atoms with Crippen LogP contribution in [-0.4, -0.2) is 8.97 Å². The number of thiophene rings is 1. The zero-order chi connectivity index (χ0) is 33.2. The van der Waals surface area contributed by atoms with E-state index in [9.17, 15) is 0 Å². The molecule has 0 saturated carbocycles. The molecule has 4 heterocycles. The third-order valence-electron chi connectivity index (χ3n) is 11.1. The molecule has 236 valence electrons. The Balaban J connectivity index is 1.34. The van der Waals surface area contributed by atoms with Crippen molar-refractivity contribution in [2.75, 3.05) is 0 Å². The van der Waals surface area contributed by atoms with Crippen molar-refractivity contribution in [1.82, 2.24) is 8.97 Å². The lowest BCUT2D eigenvalue weighted by molar-refractivity contribution is 1.18. The maximum Gasteiger partial charge on any atom is 0.0641 e. The molecule has 0 unspecified atom stereocenters. The van der Waals surface area contributed by atoms with Crippen LogP contribution in [0.25, 0.3) is 108 Å². The monoisotopic (exact) mass is 664 g/mol. The van der Waals surface area contributed by atoms with E-state index in [2.05, 4.69) is 179 Å². The molecule has 0 atom stereocenters. The Labute approximate surface area is 296 Å². The maximum absolute atomic E-state index is 2.62. The van der Waals surface area contributed by atoms with E-state index in [1.165, 1.54) is 102 Å². The minimum absolute atomic E-state index is 1.16. The predicted molar refractivity (Wildman–Crippen MR) is 220 cm³/mol. The highest BCUT2D eigenvalue weighted by molar-refractivity contribution is 7.26. The Hall–Kier alpha value is -6.42. The highest BCUT2D eigenvalue weighted by atomic mass is 32.1. The van der Waals surface area contributed by atoms with E-state index in [1.807, 2.05) is 11.3 Å². The second kappa shape index (κ2) is 10.1. The van der Waals surface area contributed by atoms with Crippen molar-refractivity contribution in [2.45, 2.75) is 0 Å². The van der Waals surface area contributed by atoms with Gasteiger partial charge < -0.3 is 8.97 Å². The predicted octanol–water partition coefficient (Wildman–Crippen LogP) is 13.7. The highest BCUT2D eigenvalue weighted by Crippen LogP contribution is 2.46. The maximum atomic E-state index is 2.62. The number of hydrogen-bond acceptors (Lipinski definition) is 1. The number of aromatic nitrogens is 2. The minimum atomic E-state index is 1.16. The fourth-order valence-corrected chi connectivity index (χ4v) is 10.1. The molecule has 3 heteroatoms. The highest BCUT2D eigenvalue weighted by Gasteiger charge is 2.22. The van der Waals surface area contributed by atoms with Gasteiger partial charge in [0.05, 0.1) is 27.6 Å².